The fourth-order valence-corrected chi connectivity index (χ4v) is 5.08. The molecule has 1 fully saturated rings. The second kappa shape index (κ2) is 9.62. The van der Waals surface area contributed by atoms with E-state index in [-0.39, 0.29) is 5.91 Å². The maximum absolute atomic E-state index is 13.9. The molecule has 3 aromatic carbocycles. The molecule has 4 nitrogen and oxygen atoms in total. The molecule has 1 saturated carbocycles. The van der Waals surface area contributed by atoms with Crippen LogP contribution in [0.2, 0.25) is 0 Å². The Balaban J connectivity index is 1.52. The molecule has 4 aromatic rings. The highest BCUT2D eigenvalue weighted by molar-refractivity contribution is 5.85. The van der Waals surface area contributed by atoms with Crippen LogP contribution >= 0.6 is 0 Å². The van der Waals surface area contributed by atoms with Gasteiger partial charge in [-0.25, -0.2) is 4.98 Å². The topological polar surface area (TPSA) is 38.1 Å². The third-order valence-electron chi connectivity index (χ3n) is 6.87. The van der Waals surface area contributed by atoms with E-state index in [4.69, 9.17) is 4.98 Å². The van der Waals surface area contributed by atoms with Gasteiger partial charge in [0.05, 0.1) is 11.0 Å². The highest BCUT2D eigenvalue weighted by atomic mass is 16.2. The quantitative estimate of drug-likeness (QED) is 0.351. The van der Waals surface area contributed by atoms with E-state index >= 15 is 0 Å². The van der Waals surface area contributed by atoms with E-state index in [1.807, 2.05) is 36.4 Å². The Hall–Kier alpha value is -3.40. The first-order valence-corrected chi connectivity index (χ1v) is 12.1. The number of para-hydroxylation sites is 2. The number of hydrogen-bond acceptors (Lipinski definition) is 2. The molecule has 168 valence electrons. The van der Waals surface area contributed by atoms with Gasteiger partial charge in [0.1, 0.15) is 12.4 Å². The fraction of sp³-hybridized carbons (Fsp3) is 0.310. The maximum atomic E-state index is 13.9. The zero-order valence-corrected chi connectivity index (χ0v) is 19.3. The van der Waals surface area contributed by atoms with Crippen molar-refractivity contribution in [1.29, 1.82) is 0 Å². The first-order valence-electron chi connectivity index (χ1n) is 12.1. The molecule has 0 aliphatic heterocycles. The van der Waals surface area contributed by atoms with Gasteiger partial charge in [0.15, 0.2) is 0 Å². The lowest BCUT2D eigenvalue weighted by Crippen LogP contribution is -2.42. The van der Waals surface area contributed by atoms with Crippen LogP contribution in [0.25, 0.3) is 22.4 Å². The van der Waals surface area contributed by atoms with Crippen molar-refractivity contribution < 1.29 is 4.79 Å². The van der Waals surface area contributed by atoms with E-state index < -0.39 is 0 Å². The zero-order chi connectivity index (χ0) is 22.6. The number of carbonyl (C=O) groups is 1. The largest absolute Gasteiger partial charge is 0.334 e. The van der Waals surface area contributed by atoms with Gasteiger partial charge in [0, 0.05) is 18.2 Å². The Morgan fingerprint density at radius 3 is 2.39 bits per heavy atom. The zero-order valence-electron chi connectivity index (χ0n) is 19.3. The normalized spacial score (nSPS) is 14.5. The number of aromatic nitrogens is 2. The summed E-state index contributed by atoms with van der Waals surface area (Å²) in [5.74, 6) is 1.04. The van der Waals surface area contributed by atoms with Gasteiger partial charge in [-0.2, -0.15) is 0 Å². The lowest BCUT2D eigenvalue weighted by atomic mass is 9.93. The third-order valence-corrected chi connectivity index (χ3v) is 6.87. The first-order chi connectivity index (χ1) is 16.2. The average molecular weight is 438 g/mol. The summed E-state index contributed by atoms with van der Waals surface area (Å²) >= 11 is 0. The number of imidazole rings is 1. The Kier molecular flexibility index (Phi) is 6.25. The third kappa shape index (κ3) is 4.56. The molecule has 0 atom stereocenters. The van der Waals surface area contributed by atoms with Crippen LogP contribution in [-0.2, 0) is 17.9 Å². The molecule has 1 aromatic heterocycles. The molecule has 0 unspecified atom stereocenters. The lowest BCUT2D eigenvalue weighted by molar-refractivity contribution is -0.135. The minimum absolute atomic E-state index is 0.170. The highest BCUT2D eigenvalue weighted by Crippen LogP contribution is 2.29. The van der Waals surface area contributed by atoms with Gasteiger partial charge in [0.2, 0.25) is 5.91 Å². The van der Waals surface area contributed by atoms with Crippen LogP contribution < -0.4 is 0 Å². The molecule has 0 radical (unpaired) electrons. The molecule has 0 N–H and O–H groups in total. The van der Waals surface area contributed by atoms with Gasteiger partial charge in [0.25, 0.3) is 0 Å². The number of rotatable bonds is 6. The summed E-state index contributed by atoms with van der Waals surface area (Å²) in [6.45, 7) is 3.06. The van der Waals surface area contributed by atoms with E-state index in [9.17, 15) is 4.79 Å². The monoisotopic (exact) mass is 437 g/mol. The van der Waals surface area contributed by atoms with E-state index in [1.54, 1.807) is 0 Å². The predicted molar refractivity (Wildman–Crippen MR) is 134 cm³/mol. The predicted octanol–water partition coefficient (Wildman–Crippen LogP) is 6.37. The van der Waals surface area contributed by atoms with E-state index in [0.29, 0.717) is 19.1 Å². The minimum Gasteiger partial charge on any atom is -0.334 e. The van der Waals surface area contributed by atoms with Crippen LogP contribution in [-0.4, -0.2) is 26.4 Å². The lowest BCUT2D eigenvalue weighted by Gasteiger charge is -2.35. The van der Waals surface area contributed by atoms with Crippen LogP contribution in [0.15, 0.2) is 78.9 Å². The van der Waals surface area contributed by atoms with Gasteiger partial charge in [-0.15, -0.1) is 0 Å². The first kappa shape index (κ1) is 21.4. The van der Waals surface area contributed by atoms with Gasteiger partial charge < -0.3 is 9.47 Å². The van der Waals surface area contributed by atoms with Crippen molar-refractivity contribution in [2.45, 2.75) is 58.2 Å². The van der Waals surface area contributed by atoms with E-state index in [2.05, 4.69) is 58.9 Å². The maximum Gasteiger partial charge on any atom is 0.243 e. The molecule has 1 heterocycles. The molecule has 4 heteroatoms. The van der Waals surface area contributed by atoms with Crippen LogP contribution in [0.1, 0.15) is 43.2 Å². The summed E-state index contributed by atoms with van der Waals surface area (Å²) < 4.78 is 2.11. The molecule has 33 heavy (non-hydrogen) atoms. The molecule has 1 aliphatic carbocycles. The number of benzene rings is 3. The Labute approximate surface area is 195 Å². The summed E-state index contributed by atoms with van der Waals surface area (Å²) in [6.07, 6.45) is 5.85. The number of amides is 1. The Morgan fingerprint density at radius 1 is 0.909 bits per heavy atom. The number of fused-ring (bicyclic) bond motifs is 1. The van der Waals surface area contributed by atoms with Crippen LogP contribution in [0.5, 0.6) is 0 Å². The molecule has 1 amide bonds. The molecule has 0 spiro atoms. The number of hydrogen-bond donors (Lipinski definition) is 0. The standard InChI is InChI=1S/C29H31N3O/c1-22-12-8-9-17-25(22)29-30-26-18-10-11-19-27(26)32(29)21-28(33)31(24-15-6-3-7-16-24)20-23-13-4-2-5-14-23/h2,4-5,8-14,17-19,24H,3,6-7,15-16,20-21H2,1H3. The second-order valence-corrected chi connectivity index (χ2v) is 9.12. The molecular formula is C29H31N3O. The second-order valence-electron chi connectivity index (χ2n) is 9.12. The minimum atomic E-state index is 0.170. The number of carbonyl (C=O) groups excluding carboxylic acids is 1. The molecular weight excluding hydrogens is 406 g/mol. The summed E-state index contributed by atoms with van der Waals surface area (Å²) in [5.41, 5.74) is 5.36. The van der Waals surface area contributed by atoms with Crippen molar-refractivity contribution in [3.8, 4) is 11.4 Å². The molecule has 5 rings (SSSR count). The summed E-state index contributed by atoms with van der Waals surface area (Å²) in [7, 11) is 0. The van der Waals surface area contributed by atoms with Crippen LogP contribution in [0.4, 0.5) is 0 Å². The SMILES string of the molecule is Cc1ccccc1-c1nc2ccccc2n1CC(=O)N(Cc1ccccc1)C1CCCCC1. The number of aryl methyl sites for hydroxylation is 1. The number of nitrogens with zero attached hydrogens (tertiary/aromatic N) is 3. The van der Waals surface area contributed by atoms with Crippen molar-refractivity contribution in [3.63, 3.8) is 0 Å². The van der Waals surface area contributed by atoms with Crippen molar-refractivity contribution in [2.75, 3.05) is 0 Å². The van der Waals surface area contributed by atoms with E-state index in [1.165, 1.54) is 24.8 Å². The van der Waals surface area contributed by atoms with E-state index in [0.717, 1.165) is 40.8 Å². The van der Waals surface area contributed by atoms with Crippen molar-refractivity contribution >= 4 is 16.9 Å². The van der Waals surface area contributed by atoms with Gasteiger partial charge >= 0.3 is 0 Å². The van der Waals surface area contributed by atoms with Crippen LogP contribution in [0, 0.1) is 6.92 Å². The van der Waals surface area contributed by atoms with Crippen molar-refractivity contribution in [3.05, 3.63) is 90.0 Å². The van der Waals surface area contributed by atoms with Gasteiger partial charge in [-0.1, -0.05) is 86.0 Å². The molecule has 0 saturated heterocycles. The summed E-state index contributed by atoms with van der Waals surface area (Å²) in [4.78, 5) is 21.0. The smallest absolute Gasteiger partial charge is 0.243 e. The van der Waals surface area contributed by atoms with Gasteiger partial charge in [-0.3, -0.25) is 4.79 Å². The van der Waals surface area contributed by atoms with Crippen molar-refractivity contribution in [1.82, 2.24) is 14.5 Å². The molecule has 1 aliphatic rings. The fourth-order valence-electron chi connectivity index (χ4n) is 5.08. The summed E-state index contributed by atoms with van der Waals surface area (Å²) in [5, 5.41) is 0. The average Bonchev–Trinajstić information content (AvgIpc) is 3.22. The highest BCUT2D eigenvalue weighted by Gasteiger charge is 2.27. The Bertz CT molecular complexity index is 1240. The van der Waals surface area contributed by atoms with Gasteiger partial charge in [-0.05, 0) is 43.0 Å². The summed E-state index contributed by atoms with van der Waals surface area (Å²) in [6, 6.07) is 27.1. The van der Waals surface area contributed by atoms with Crippen molar-refractivity contribution in [2.24, 2.45) is 0 Å². The van der Waals surface area contributed by atoms with Crippen LogP contribution in [0.3, 0.4) is 0 Å². The molecule has 0 bridgehead atoms. The Morgan fingerprint density at radius 2 is 1.61 bits per heavy atom.